The van der Waals surface area contributed by atoms with E-state index in [1.165, 1.54) is 0 Å². The molecule has 0 aliphatic rings. The molecule has 0 atom stereocenters. The molecule has 9 aromatic rings. The molecule has 0 radical (unpaired) electrons. The quantitative estimate of drug-likeness (QED) is 0.0862. The summed E-state index contributed by atoms with van der Waals surface area (Å²) in [7, 11) is 0. The van der Waals surface area contributed by atoms with Gasteiger partial charge in [0.25, 0.3) is 0 Å². The average molecular weight is 767 g/mol. The minimum Gasteiger partial charge on any atom is -0.321 e. The lowest BCUT2D eigenvalue weighted by atomic mass is 9.77. The molecule has 0 amide bonds. The zero-order chi connectivity index (χ0) is 40.2. The Morgan fingerprint density at radius 3 is 1.86 bits per heavy atom. The highest BCUT2D eigenvalue weighted by Crippen LogP contribution is 2.43. The van der Waals surface area contributed by atoms with Gasteiger partial charge in [0, 0.05) is 24.1 Å². The van der Waals surface area contributed by atoms with Gasteiger partial charge >= 0.3 is 0 Å². The van der Waals surface area contributed by atoms with E-state index in [0.717, 1.165) is 85.8 Å². The Hall–Kier alpha value is -7.51. The van der Waals surface area contributed by atoms with E-state index < -0.39 is 5.54 Å². The molecule has 0 fully saturated rings. The van der Waals surface area contributed by atoms with Crippen LogP contribution in [0.4, 0.5) is 0 Å². The zero-order valence-electron chi connectivity index (χ0n) is 32.8. The summed E-state index contributed by atoms with van der Waals surface area (Å²) in [6.45, 7) is 7.10. The van der Waals surface area contributed by atoms with E-state index in [4.69, 9.17) is 15.3 Å². The Labute approximate surface area is 344 Å². The van der Waals surface area contributed by atoms with Gasteiger partial charge in [-0.25, -0.2) is 9.67 Å². The molecule has 59 heavy (non-hydrogen) atoms. The Balaban J connectivity index is 1.10. The molecule has 0 aliphatic carbocycles. The first-order valence-electron chi connectivity index (χ1n) is 20.0. The number of aldehydes is 1. The fourth-order valence-electron chi connectivity index (χ4n) is 8.45. The van der Waals surface area contributed by atoms with Crippen molar-refractivity contribution in [1.29, 1.82) is 0 Å². The average Bonchev–Trinajstić information content (AvgIpc) is 3.93. The molecule has 0 saturated heterocycles. The fraction of sp³-hybridized carbons (Fsp3) is 0.0962. The molecule has 0 bridgehead atoms. The number of fused-ring (bicyclic) bond motifs is 1. The molecule has 0 unspecified atom stereocenters. The molecule has 2 aromatic heterocycles. The maximum absolute atomic E-state index is 12.9. The van der Waals surface area contributed by atoms with Crippen molar-refractivity contribution in [3.05, 3.63) is 234 Å². The number of tetrazole rings is 1. The van der Waals surface area contributed by atoms with Gasteiger partial charge in [0.2, 0.25) is 0 Å². The van der Waals surface area contributed by atoms with E-state index in [9.17, 15) is 4.79 Å². The van der Waals surface area contributed by atoms with Crippen LogP contribution in [0.25, 0.3) is 38.9 Å². The van der Waals surface area contributed by atoms with Crippen molar-refractivity contribution < 1.29 is 4.79 Å². The van der Waals surface area contributed by atoms with Crippen LogP contribution in [0, 0.1) is 0 Å². The topological polar surface area (TPSA) is 78.5 Å². The second-order valence-electron chi connectivity index (χ2n) is 14.7. The number of aromatic nitrogens is 6. The molecule has 7 aromatic carbocycles. The molecule has 9 rings (SSSR count). The molecule has 7 nitrogen and oxygen atoms in total. The third-order valence-electron chi connectivity index (χ3n) is 11.2. The standard InChI is InChI=1S/C52H42N6O/c1-3-18-49-53-50(37(2)44-30-17-20-39-19-13-14-27-45(39)44)48(36-59)57(49)35-38-31-33-40(34-32-38)46-28-15-16-29-47(46)51-54-55-56-58(51)52(41-21-7-4-8-22-41,42-23-9-5-10-24-42)43-25-11-6-12-26-43/h4-17,19-34,36H,2-3,18,35H2,1H3. The Kier molecular flexibility index (Phi) is 10.2. The molecular formula is C52H42N6O. The van der Waals surface area contributed by atoms with E-state index >= 15 is 0 Å². The van der Waals surface area contributed by atoms with Crippen LogP contribution >= 0.6 is 0 Å². The van der Waals surface area contributed by atoms with E-state index in [2.05, 4.69) is 157 Å². The SMILES string of the molecule is C=C(c1nc(CCC)n(Cc2ccc(-c3ccccc3-c3nnnn3C(c3ccccc3)(c3ccccc3)c3ccccc3)cc2)c1C=O)c1cccc2ccccc12. The minimum absolute atomic E-state index is 0.493. The number of carbonyl (C=O) groups excluding carboxylic acids is 1. The van der Waals surface area contributed by atoms with Crippen molar-refractivity contribution in [3.63, 3.8) is 0 Å². The molecular weight excluding hydrogens is 725 g/mol. The summed E-state index contributed by atoms with van der Waals surface area (Å²) in [6, 6.07) is 62.5. The lowest BCUT2D eigenvalue weighted by molar-refractivity contribution is 0.111. The van der Waals surface area contributed by atoms with Crippen molar-refractivity contribution in [1.82, 2.24) is 29.8 Å². The first kappa shape index (κ1) is 37.1. The van der Waals surface area contributed by atoms with Gasteiger partial charge in [-0.1, -0.05) is 195 Å². The van der Waals surface area contributed by atoms with Crippen molar-refractivity contribution in [3.8, 4) is 22.5 Å². The van der Waals surface area contributed by atoms with Crippen LogP contribution in [-0.4, -0.2) is 36.0 Å². The highest BCUT2D eigenvalue weighted by molar-refractivity contribution is 5.99. The maximum Gasteiger partial charge on any atom is 0.184 e. The number of benzene rings is 7. The summed E-state index contributed by atoms with van der Waals surface area (Å²) in [5.41, 5.74) is 9.06. The van der Waals surface area contributed by atoms with Gasteiger partial charge in [0.05, 0.1) is 5.69 Å². The fourth-order valence-corrected chi connectivity index (χ4v) is 8.45. The molecule has 0 N–H and O–H groups in total. The monoisotopic (exact) mass is 766 g/mol. The van der Waals surface area contributed by atoms with Crippen LogP contribution in [0.3, 0.4) is 0 Å². The van der Waals surface area contributed by atoms with Gasteiger partial charge in [-0.15, -0.1) is 5.10 Å². The van der Waals surface area contributed by atoms with Crippen molar-refractivity contribution >= 4 is 22.6 Å². The number of hydrogen-bond donors (Lipinski definition) is 0. The molecule has 7 heteroatoms. The molecule has 0 saturated carbocycles. The number of hydrogen-bond acceptors (Lipinski definition) is 5. The van der Waals surface area contributed by atoms with Crippen LogP contribution in [0.15, 0.2) is 189 Å². The molecule has 2 heterocycles. The predicted molar refractivity (Wildman–Crippen MR) is 236 cm³/mol. The van der Waals surface area contributed by atoms with Crippen LogP contribution in [0.2, 0.25) is 0 Å². The highest BCUT2D eigenvalue weighted by Gasteiger charge is 2.42. The van der Waals surface area contributed by atoms with Crippen molar-refractivity contribution in [2.45, 2.75) is 31.8 Å². The summed E-state index contributed by atoms with van der Waals surface area (Å²) in [5.74, 6) is 1.50. The lowest BCUT2D eigenvalue weighted by Crippen LogP contribution is -2.39. The summed E-state index contributed by atoms with van der Waals surface area (Å²) in [4.78, 5) is 18.0. The first-order chi connectivity index (χ1) is 29.1. The lowest BCUT2D eigenvalue weighted by Gasteiger charge is -2.36. The van der Waals surface area contributed by atoms with Gasteiger partial charge in [-0.3, -0.25) is 4.79 Å². The predicted octanol–water partition coefficient (Wildman–Crippen LogP) is 11.1. The molecule has 0 spiro atoms. The number of carbonyl (C=O) groups is 1. The highest BCUT2D eigenvalue weighted by atomic mass is 16.1. The normalized spacial score (nSPS) is 11.5. The largest absolute Gasteiger partial charge is 0.321 e. The Morgan fingerprint density at radius 2 is 1.24 bits per heavy atom. The van der Waals surface area contributed by atoms with Crippen molar-refractivity contribution in [2.24, 2.45) is 0 Å². The second-order valence-corrected chi connectivity index (χ2v) is 14.7. The smallest absolute Gasteiger partial charge is 0.184 e. The minimum atomic E-state index is -0.880. The maximum atomic E-state index is 12.9. The van der Waals surface area contributed by atoms with Gasteiger partial charge in [0.15, 0.2) is 12.1 Å². The summed E-state index contributed by atoms with van der Waals surface area (Å²) in [6.07, 6.45) is 2.55. The van der Waals surface area contributed by atoms with E-state index in [-0.39, 0.29) is 0 Å². The first-order valence-corrected chi connectivity index (χ1v) is 20.0. The number of nitrogens with zero attached hydrogens (tertiary/aromatic N) is 6. The molecule has 286 valence electrons. The number of aryl methyl sites for hydroxylation is 1. The van der Waals surface area contributed by atoms with Crippen LogP contribution in [-0.2, 0) is 18.5 Å². The summed E-state index contributed by atoms with van der Waals surface area (Å²) >= 11 is 0. The summed E-state index contributed by atoms with van der Waals surface area (Å²) in [5, 5.41) is 16.1. The van der Waals surface area contributed by atoms with E-state index in [1.54, 1.807) is 0 Å². The zero-order valence-corrected chi connectivity index (χ0v) is 32.8. The third-order valence-corrected chi connectivity index (χ3v) is 11.2. The van der Waals surface area contributed by atoms with Gasteiger partial charge in [-0.05, 0) is 66.6 Å². The molecule has 0 aliphatic heterocycles. The van der Waals surface area contributed by atoms with E-state index in [1.807, 2.05) is 53.2 Å². The second kappa shape index (κ2) is 16.2. The Bertz CT molecular complexity index is 2790. The Morgan fingerprint density at radius 1 is 0.661 bits per heavy atom. The number of rotatable bonds is 13. The van der Waals surface area contributed by atoms with Gasteiger partial charge < -0.3 is 4.57 Å². The van der Waals surface area contributed by atoms with Gasteiger partial charge in [-0.2, -0.15) is 0 Å². The third kappa shape index (κ3) is 6.66. The van der Waals surface area contributed by atoms with Gasteiger partial charge in [0.1, 0.15) is 17.1 Å². The van der Waals surface area contributed by atoms with Crippen LogP contribution < -0.4 is 0 Å². The van der Waals surface area contributed by atoms with Crippen LogP contribution in [0.1, 0.15) is 63.2 Å². The number of imidazole rings is 1. The van der Waals surface area contributed by atoms with Crippen molar-refractivity contribution in [2.75, 3.05) is 0 Å². The van der Waals surface area contributed by atoms with E-state index in [0.29, 0.717) is 23.8 Å². The van der Waals surface area contributed by atoms with Crippen LogP contribution in [0.5, 0.6) is 0 Å². The summed E-state index contributed by atoms with van der Waals surface area (Å²) < 4.78 is 4.02.